The van der Waals surface area contributed by atoms with Crippen LogP contribution >= 0.6 is 0 Å². The highest BCUT2D eigenvalue weighted by Crippen LogP contribution is 2.12. The van der Waals surface area contributed by atoms with Crippen molar-refractivity contribution in [2.45, 2.75) is 6.92 Å². The van der Waals surface area contributed by atoms with E-state index in [9.17, 15) is 0 Å². The Labute approximate surface area is 93.1 Å². The Morgan fingerprint density at radius 3 is 2.94 bits per heavy atom. The molecule has 1 aliphatic heterocycles. The van der Waals surface area contributed by atoms with Gasteiger partial charge >= 0.3 is 0 Å². The summed E-state index contributed by atoms with van der Waals surface area (Å²) in [6, 6.07) is 7.97. The first-order valence-corrected chi connectivity index (χ1v) is 5.28. The number of rotatable bonds is 1. The summed E-state index contributed by atoms with van der Waals surface area (Å²) in [5, 5.41) is 3.24. The van der Waals surface area contributed by atoms with Gasteiger partial charge in [0.25, 0.3) is 0 Å². The quantitative estimate of drug-likeness (QED) is 0.757. The van der Waals surface area contributed by atoms with Crippen molar-refractivity contribution in [2.75, 3.05) is 6.54 Å². The van der Waals surface area contributed by atoms with Crippen LogP contribution in [0.3, 0.4) is 0 Å². The number of nitrogens with one attached hydrogen (secondary N) is 2. The van der Waals surface area contributed by atoms with E-state index in [1.54, 1.807) is 0 Å². The summed E-state index contributed by atoms with van der Waals surface area (Å²) in [6.07, 6.45) is 2.03. The normalized spacial score (nSPS) is 17.8. The molecule has 1 aliphatic rings. The van der Waals surface area contributed by atoms with Gasteiger partial charge in [-0.25, -0.2) is 4.98 Å². The zero-order valence-corrected chi connectivity index (χ0v) is 8.99. The lowest BCUT2D eigenvalue weighted by Gasteiger charge is -1.98. The Morgan fingerprint density at radius 2 is 2.19 bits per heavy atom. The molecule has 4 heteroatoms. The molecule has 1 aromatic heterocycles. The zero-order valence-electron chi connectivity index (χ0n) is 8.99. The Bertz CT molecular complexity index is 559. The molecular formula is C12H12N4. The number of nitrogens with zero attached hydrogens (tertiary/aromatic N) is 2. The van der Waals surface area contributed by atoms with Crippen molar-refractivity contribution in [1.29, 1.82) is 0 Å². The Morgan fingerprint density at radius 1 is 1.31 bits per heavy atom. The molecular weight excluding hydrogens is 200 g/mol. The van der Waals surface area contributed by atoms with Gasteiger partial charge in [-0.3, -0.25) is 4.99 Å². The monoisotopic (exact) mass is 212 g/mol. The molecule has 80 valence electrons. The number of hydrogen-bond donors (Lipinski definition) is 2. The maximum Gasteiger partial charge on any atom is 0.174 e. The lowest BCUT2D eigenvalue weighted by atomic mass is 10.3. The molecule has 1 aromatic carbocycles. The topological polar surface area (TPSA) is 53.1 Å². The van der Waals surface area contributed by atoms with Crippen LogP contribution in [-0.4, -0.2) is 22.3 Å². The average molecular weight is 212 g/mol. The number of H-pyrrole nitrogens is 1. The van der Waals surface area contributed by atoms with Crippen molar-refractivity contribution in [3.05, 3.63) is 41.9 Å². The fourth-order valence-corrected chi connectivity index (χ4v) is 1.76. The van der Waals surface area contributed by atoms with E-state index in [-0.39, 0.29) is 0 Å². The second-order valence-corrected chi connectivity index (χ2v) is 3.71. The fraction of sp³-hybridized carbons (Fsp3) is 0.167. The molecule has 3 rings (SSSR count). The molecule has 0 spiro atoms. The highest BCUT2D eigenvalue weighted by molar-refractivity contribution is 6.00. The Hall–Kier alpha value is -2.10. The molecule has 2 heterocycles. The number of aromatic nitrogens is 2. The van der Waals surface area contributed by atoms with Gasteiger partial charge in [0, 0.05) is 5.70 Å². The van der Waals surface area contributed by atoms with Crippen LogP contribution in [0.1, 0.15) is 12.7 Å². The van der Waals surface area contributed by atoms with E-state index >= 15 is 0 Å². The molecule has 0 saturated carbocycles. The van der Waals surface area contributed by atoms with Gasteiger partial charge < -0.3 is 10.3 Å². The molecule has 0 fully saturated rings. The molecule has 0 unspecified atom stereocenters. The highest BCUT2D eigenvalue weighted by Gasteiger charge is 2.14. The van der Waals surface area contributed by atoms with Crippen LogP contribution < -0.4 is 5.32 Å². The number of fused-ring (bicyclic) bond motifs is 1. The van der Waals surface area contributed by atoms with E-state index in [1.807, 2.05) is 37.3 Å². The first kappa shape index (κ1) is 9.15. The summed E-state index contributed by atoms with van der Waals surface area (Å²) in [5.74, 6) is 1.63. The third-order valence-electron chi connectivity index (χ3n) is 2.65. The second-order valence-electron chi connectivity index (χ2n) is 3.71. The van der Waals surface area contributed by atoms with Gasteiger partial charge in [-0.1, -0.05) is 18.2 Å². The first-order chi connectivity index (χ1) is 7.86. The van der Waals surface area contributed by atoms with E-state index in [4.69, 9.17) is 0 Å². The first-order valence-electron chi connectivity index (χ1n) is 5.28. The highest BCUT2D eigenvalue weighted by atomic mass is 15.1. The molecule has 0 saturated heterocycles. The van der Waals surface area contributed by atoms with Crippen molar-refractivity contribution in [3.8, 4) is 0 Å². The molecule has 16 heavy (non-hydrogen) atoms. The van der Waals surface area contributed by atoms with Crippen LogP contribution in [0.2, 0.25) is 0 Å². The van der Waals surface area contributed by atoms with Crippen molar-refractivity contribution >= 4 is 16.9 Å². The van der Waals surface area contributed by atoms with Crippen LogP contribution in [0.25, 0.3) is 11.0 Å². The molecule has 2 N–H and O–H groups in total. The third-order valence-corrected chi connectivity index (χ3v) is 2.65. The van der Waals surface area contributed by atoms with Gasteiger partial charge in [0.15, 0.2) is 11.7 Å². The summed E-state index contributed by atoms with van der Waals surface area (Å²) < 4.78 is 0. The van der Waals surface area contributed by atoms with Gasteiger partial charge in [-0.2, -0.15) is 0 Å². The molecule has 4 nitrogen and oxygen atoms in total. The SMILES string of the molecule is C/C=C1\CN=C(c2nc3ccccc3[nH]2)N1. The molecule has 0 amide bonds. The number of allylic oxidation sites excluding steroid dienone is 1. The van der Waals surface area contributed by atoms with Gasteiger partial charge in [-0.05, 0) is 19.1 Å². The summed E-state index contributed by atoms with van der Waals surface area (Å²) in [4.78, 5) is 12.1. The van der Waals surface area contributed by atoms with Crippen LogP contribution in [0, 0.1) is 0 Å². The van der Waals surface area contributed by atoms with Crippen LogP contribution in [0.4, 0.5) is 0 Å². The Balaban J connectivity index is 2.01. The van der Waals surface area contributed by atoms with Crippen LogP contribution in [0.5, 0.6) is 0 Å². The lowest BCUT2D eigenvalue weighted by Crippen LogP contribution is -2.19. The minimum absolute atomic E-state index is 0.711. The van der Waals surface area contributed by atoms with E-state index in [0.717, 1.165) is 28.4 Å². The Kier molecular flexibility index (Phi) is 1.99. The smallest absolute Gasteiger partial charge is 0.174 e. The molecule has 0 aliphatic carbocycles. The van der Waals surface area contributed by atoms with E-state index in [2.05, 4.69) is 20.3 Å². The summed E-state index contributed by atoms with van der Waals surface area (Å²) in [5.41, 5.74) is 3.13. The van der Waals surface area contributed by atoms with Gasteiger partial charge in [0.1, 0.15) is 0 Å². The van der Waals surface area contributed by atoms with Gasteiger partial charge in [0.05, 0.1) is 17.6 Å². The third kappa shape index (κ3) is 1.39. The number of aliphatic imine (C=N–C) groups is 1. The second kappa shape index (κ2) is 3.48. The molecule has 0 atom stereocenters. The summed E-state index contributed by atoms with van der Waals surface area (Å²) in [6.45, 7) is 2.71. The number of imidazole rings is 1. The average Bonchev–Trinajstić information content (AvgIpc) is 2.95. The van der Waals surface area contributed by atoms with Crippen LogP contribution in [0.15, 0.2) is 41.0 Å². The molecule has 0 radical (unpaired) electrons. The molecule has 0 bridgehead atoms. The maximum absolute atomic E-state index is 4.49. The number of hydrogen-bond acceptors (Lipinski definition) is 3. The number of amidine groups is 1. The maximum atomic E-state index is 4.49. The lowest BCUT2D eigenvalue weighted by molar-refractivity contribution is 1.10. The van der Waals surface area contributed by atoms with Gasteiger partial charge in [-0.15, -0.1) is 0 Å². The predicted molar refractivity (Wildman–Crippen MR) is 64.4 cm³/mol. The van der Waals surface area contributed by atoms with Crippen molar-refractivity contribution in [3.63, 3.8) is 0 Å². The van der Waals surface area contributed by atoms with Crippen molar-refractivity contribution in [2.24, 2.45) is 4.99 Å². The molecule has 2 aromatic rings. The van der Waals surface area contributed by atoms with Gasteiger partial charge in [0.2, 0.25) is 0 Å². The van der Waals surface area contributed by atoms with E-state index in [1.165, 1.54) is 0 Å². The number of benzene rings is 1. The van der Waals surface area contributed by atoms with E-state index in [0.29, 0.717) is 6.54 Å². The fourth-order valence-electron chi connectivity index (χ4n) is 1.76. The predicted octanol–water partition coefficient (Wildman–Crippen LogP) is 1.82. The minimum atomic E-state index is 0.711. The summed E-state index contributed by atoms with van der Waals surface area (Å²) in [7, 11) is 0. The van der Waals surface area contributed by atoms with Crippen molar-refractivity contribution < 1.29 is 0 Å². The summed E-state index contributed by atoms with van der Waals surface area (Å²) >= 11 is 0. The number of para-hydroxylation sites is 2. The van der Waals surface area contributed by atoms with E-state index < -0.39 is 0 Å². The number of aromatic amines is 1. The minimum Gasteiger partial charge on any atom is -0.340 e. The van der Waals surface area contributed by atoms with Crippen LogP contribution in [-0.2, 0) is 0 Å². The van der Waals surface area contributed by atoms with Crippen molar-refractivity contribution in [1.82, 2.24) is 15.3 Å². The standard InChI is InChI=1S/C12H12N4/c1-2-8-7-13-11(14-8)12-15-9-5-3-4-6-10(9)16-12/h2-6H,7H2,1H3,(H,13,14)(H,15,16)/b8-2+. The zero-order chi connectivity index (χ0) is 11.0. The largest absolute Gasteiger partial charge is 0.340 e.